The van der Waals surface area contributed by atoms with E-state index in [-0.39, 0.29) is 29.4 Å². The molecular weight excluding hydrogens is 320 g/mol. The number of H-pyrrole nitrogens is 1. The molecule has 0 aromatic carbocycles. The lowest BCUT2D eigenvalue weighted by Gasteiger charge is -2.43. The summed E-state index contributed by atoms with van der Waals surface area (Å²) < 4.78 is 5.73. The molecule has 2 aliphatic heterocycles. The third-order valence-corrected chi connectivity index (χ3v) is 5.17. The fourth-order valence-electron chi connectivity index (χ4n) is 3.84. The second-order valence-corrected chi connectivity index (χ2v) is 7.87. The average Bonchev–Trinajstić information content (AvgIpc) is 2.99. The number of hydrogen-bond donors (Lipinski definition) is 1. The highest BCUT2D eigenvalue weighted by molar-refractivity contribution is 5.92. The van der Waals surface area contributed by atoms with E-state index in [0.717, 1.165) is 18.5 Å². The number of aryl methyl sites for hydroxylation is 1. The van der Waals surface area contributed by atoms with Crippen LogP contribution in [-0.4, -0.2) is 69.7 Å². The number of carbonyl (C=O) groups excluding carboxylic acids is 2. The number of amides is 2. The summed E-state index contributed by atoms with van der Waals surface area (Å²) in [6.45, 7) is 10.3. The number of piperazine rings is 1. The van der Waals surface area contributed by atoms with E-state index in [2.05, 4.69) is 10.2 Å². The number of nitrogens with one attached hydrogen (secondary N) is 1. The molecule has 2 amide bonds. The normalized spacial score (nSPS) is 26.6. The molecule has 3 heterocycles. The summed E-state index contributed by atoms with van der Waals surface area (Å²) in [7, 11) is 0. The number of hydrogen-bond acceptors (Lipinski definition) is 4. The minimum absolute atomic E-state index is 0.0104. The van der Waals surface area contributed by atoms with Gasteiger partial charge in [0.05, 0.1) is 5.60 Å². The quantitative estimate of drug-likeness (QED) is 0.880. The molecule has 2 aliphatic rings. The fraction of sp³-hybridized carbons (Fsp3) is 0.722. The van der Waals surface area contributed by atoms with Crippen LogP contribution in [0.3, 0.4) is 0 Å². The van der Waals surface area contributed by atoms with Crippen LogP contribution < -0.4 is 0 Å². The molecule has 138 valence electrons. The topological polar surface area (TPSA) is 78.5 Å². The molecule has 2 fully saturated rings. The molecule has 1 aromatic rings. The van der Waals surface area contributed by atoms with Crippen LogP contribution in [0, 0.1) is 12.8 Å². The zero-order valence-electron chi connectivity index (χ0n) is 15.5. The van der Waals surface area contributed by atoms with Crippen molar-refractivity contribution in [1.82, 2.24) is 20.0 Å². The lowest BCUT2D eigenvalue weighted by molar-refractivity contribution is -0.149. The molecular formula is C18H28N4O3. The summed E-state index contributed by atoms with van der Waals surface area (Å²) in [5.41, 5.74) is 1.07. The van der Waals surface area contributed by atoms with Gasteiger partial charge < -0.3 is 14.5 Å². The van der Waals surface area contributed by atoms with E-state index in [1.54, 1.807) is 11.0 Å². The maximum absolute atomic E-state index is 13.0. The van der Waals surface area contributed by atoms with Crippen LogP contribution in [0.1, 0.15) is 49.8 Å². The molecule has 0 saturated carbocycles. The van der Waals surface area contributed by atoms with E-state index >= 15 is 0 Å². The van der Waals surface area contributed by atoms with Crippen molar-refractivity contribution in [2.24, 2.45) is 5.92 Å². The Morgan fingerprint density at radius 2 is 2.12 bits per heavy atom. The molecule has 0 spiro atoms. The van der Waals surface area contributed by atoms with Crippen LogP contribution in [0.4, 0.5) is 0 Å². The second-order valence-electron chi connectivity index (χ2n) is 7.87. The summed E-state index contributed by atoms with van der Waals surface area (Å²) in [5.74, 6) is 0.143. The van der Waals surface area contributed by atoms with Gasteiger partial charge >= 0.3 is 0 Å². The highest BCUT2D eigenvalue weighted by Gasteiger charge is 2.38. The molecule has 0 bridgehead atoms. The van der Waals surface area contributed by atoms with Gasteiger partial charge in [-0.25, -0.2) is 0 Å². The van der Waals surface area contributed by atoms with Gasteiger partial charge in [-0.2, -0.15) is 5.10 Å². The minimum atomic E-state index is -0.239. The van der Waals surface area contributed by atoms with E-state index in [4.69, 9.17) is 4.74 Å². The van der Waals surface area contributed by atoms with Crippen LogP contribution >= 0.6 is 0 Å². The Kier molecular flexibility index (Phi) is 4.86. The minimum Gasteiger partial charge on any atom is -0.376 e. The van der Waals surface area contributed by atoms with E-state index in [1.807, 2.05) is 32.6 Å². The molecule has 2 atom stereocenters. The Labute approximate surface area is 148 Å². The van der Waals surface area contributed by atoms with Crippen molar-refractivity contribution < 1.29 is 14.3 Å². The Balaban J connectivity index is 1.61. The highest BCUT2D eigenvalue weighted by Crippen LogP contribution is 2.30. The second kappa shape index (κ2) is 6.78. The Hall–Kier alpha value is -1.89. The molecule has 25 heavy (non-hydrogen) atoms. The molecule has 7 heteroatoms. The zero-order valence-corrected chi connectivity index (χ0v) is 15.5. The lowest BCUT2D eigenvalue weighted by atomic mass is 9.87. The third-order valence-electron chi connectivity index (χ3n) is 5.17. The molecule has 3 rings (SSSR count). The monoisotopic (exact) mass is 348 g/mol. The standard InChI is InChI=1S/C18H28N4O3/c1-12-9-15(20-19-12)17(24)21-6-7-22(13(2)11-21)16(23)14-5-8-25-18(3,4)10-14/h9,13-14H,5-8,10-11H2,1-4H3,(H,19,20)/t13-,14?/m1/s1. The summed E-state index contributed by atoms with van der Waals surface area (Å²) in [6.07, 6.45) is 1.53. The predicted octanol–water partition coefficient (Wildman–Crippen LogP) is 1.60. The van der Waals surface area contributed by atoms with Crippen molar-refractivity contribution in [3.8, 4) is 0 Å². The Morgan fingerprint density at radius 3 is 2.72 bits per heavy atom. The third kappa shape index (κ3) is 3.86. The first-order chi connectivity index (χ1) is 11.8. The number of carbonyl (C=O) groups is 2. The predicted molar refractivity (Wildman–Crippen MR) is 93.2 cm³/mol. The van der Waals surface area contributed by atoms with Crippen molar-refractivity contribution in [3.63, 3.8) is 0 Å². The first-order valence-corrected chi connectivity index (χ1v) is 9.02. The molecule has 1 N–H and O–H groups in total. The molecule has 1 unspecified atom stereocenters. The van der Waals surface area contributed by atoms with Crippen molar-refractivity contribution in [2.45, 2.75) is 52.2 Å². The number of aromatic nitrogens is 2. The maximum atomic E-state index is 13.0. The van der Waals surface area contributed by atoms with Crippen LogP contribution in [0.5, 0.6) is 0 Å². The first kappa shape index (κ1) is 17.9. The van der Waals surface area contributed by atoms with Crippen molar-refractivity contribution in [3.05, 3.63) is 17.5 Å². The Morgan fingerprint density at radius 1 is 1.36 bits per heavy atom. The smallest absolute Gasteiger partial charge is 0.274 e. The van der Waals surface area contributed by atoms with Crippen LogP contribution in [0.2, 0.25) is 0 Å². The van der Waals surface area contributed by atoms with Crippen LogP contribution in [-0.2, 0) is 9.53 Å². The molecule has 0 radical (unpaired) electrons. The molecule has 1 aromatic heterocycles. The number of aromatic amines is 1. The van der Waals surface area contributed by atoms with Gasteiger partial charge in [-0.15, -0.1) is 0 Å². The van der Waals surface area contributed by atoms with Crippen molar-refractivity contribution in [2.75, 3.05) is 26.2 Å². The highest BCUT2D eigenvalue weighted by atomic mass is 16.5. The first-order valence-electron chi connectivity index (χ1n) is 9.02. The summed E-state index contributed by atoms with van der Waals surface area (Å²) in [6, 6.07) is 1.77. The van der Waals surface area contributed by atoms with Gasteiger partial charge in [0.25, 0.3) is 5.91 Å². The summed E-state index contributed by atoms with van der Waals surface area (Å²) in [4.78, 5) is 29.2. The zero-order chi connectivity index (χ0) is 18.2. The van der Waals surface area contributed by atoms with E-state index < -0.39 is 0 Å². The van der Waals surface area contributed by atoms with Crippen molar-refractivity contribution in [1.29, 1.82) is 0 Å². The average molecular weight is 348 g/mol. The van der Waals surface area contributed by atoms with Gasteiger partial charge in [-0.3, -0.25) is 14.7 Å². The van der Waals surface area contributed by atoms with Crippen molar-refractivity contribution >= 4 is 11.8 Å². The van der Waals surface area contributed by atoms with Gasteiger partial charge in [0.2, 0.25) is 5.91 Å². The van der Waals surface area contributed by atoms with Gasteiger partial charge in [-0.05, 0) is 46.6 Å². The SMILES string of the molecule is Cc1cc(C(=O)N2CCN(C(=O)C3CCOC(C)(C)C3)[C@H](C)C2)n[nH]1. The molecule has 7 nitrogen and oxygen atoms in total. The summed E-state index contributed by atoms with van der Waals surface area (Å²) >= 11 is 0. The maximum Gasteiger partial charge on any atom is 0.274 e. The molecule has 0 aliphatic carbocycles. The van der Waals surface area contributed by atoms with Gasteiger partial charge in [0, 0.05) is 43.9 Å². The lowest BCUT2D eigenvalue weighted by Crippen LogP contribution is -2.57. The number of nitrogens with zero attached hydrogens (tertiary/aromatic N) is 3. The van der Waals surface area contributed by atoms with Crippen LogP contribution in [0.15, 0.2) is 6.07 Å². The molecule has 2 saturated heterocycles. The van der Waals surface area contributed by atoms with Gasteiger partial charge in [0.1, 0.15) is 5.69 Å². The fourth-order valence-corrected chi connectivity index (χ4v) is 3.84. The Bertz CT molecular complexity index is 655. The van der Waals surface area contributed by atoms with Crippen LogP contribution in [0.25, 0.3) is 0 Å². The van der Waals surface area contributed by atoms with E-state index in [9.17, 15) is 9.59 Å². The van der Waals surface area contributed by atoms with E-state index in [0.29, 0.717) is 31.9 Å². The number of rotatable bonds is 2. The number of ether oxygens (including phenoxy) is 1. The van der Waals surface area contributed by atoms with Gasteiger partial charge in [-0.1, -0.05) is 0 Å². The summed E-state index contributed by atoms with van der Waals surface area (Å²) in [5, 5.41) is 6.85. The van der Waals surface area contributed by atoms with E-state index in [1.165, 1.54) is 0 Å². The largest absolute Gasteiger partial charge is 0.376 e. The van der Waals surface area contributed by atoms with Gasteiger partial charge in [0.15, 0.2) is 0 Å².